The van der Waals surface area contributed by atoms with Crippen molar-refractivity contribution in [1.29, 1.82) is 0 Å². The van der Waals surface area contributed by atoms with Gasteiger partial charge in [-0.1, -0.05) is 12.1 Å². The molecule has 1 rings (SSSR count). The lowest BCUT2D eigenvalue weighted by molar-refractivity contribution is 0.199. The smallest absolute Gasteiger partial charge is 0.147 e. The van der Waals surface area contributed by atoms with Crippen LogP contribution in [0.15, 0.2) is 29.2 Å². The summed E-state index contributed by atoms with van der Waals surface area (Å²) in [6, 6.07) is 7.69. The van der Waals surface area contributed by atoms with Crippen molar-refractivity contribution < 1.29 is 13.5 Å². The van der Waals surface area contributed by atoms with Crippen molar-refractivity contribution in [1.82, 2.24) is 0 Å². The highest BCUT2D eigenvalue weighted by Gasteiger charge is 2.03. The molecule has 0 fully saturated rings. The van der Waals surface area contributed by atoms with Crippen LogP contribution in [-0.2, 0) is 9.84 Å². The van der Waals surface area contributed by atoms with Crippen LogP contribution in [0.3, 0.4) is 0 Å². The first-order valence-electron chi connectivity index (χ1n) is 5.47. The summed E-state index contributed by atoms with van der Waals surface area (Å²) < 4.78 is 21.9. The van der Waals surface area contributed by atoms with E-state index in [1.807, 2.05) is 24.3 Å². The Labute approximate surface area is 107 Å². The molecule has 1 atom stereocenters. The zero-order valence-corrected chi connectivity index (χ0v) is 11.7. The summed E-state index contributed by atoms with van der Waals surface area (Å²) in [6.07, 6.45) is 1.48. The molecule has 96 valence electrons. The number of aliphatic hydroxyl groups is 1. The highest BCUT2D eigenvalue weighted by molar-refractivity contribution is 7.99. The SMILES string of the molecule is CC(O)c1ccc(SCCCS(C)(=O)=O)cc1. The summed E-state index contributed by atoms with van der Waals surface area (Å²) in [4.78, 5) is 1.10. The van der Waals surface area contributed by atoms with Gasteiger partial charge in [0.25, 0.3) is 0 Å². The molecular weight excluding hydrogens is 256 g/mol. The standard InChI is InChI=1S/C12H18O3S2/c1-10(13)11-4-6-12(7-5-11)16-8-3-9-17(2,14)15/h4-7,10,13H,3,8-9H2,1-2H3. The molecule has 0 saturated carbocycles. The molecule has 1 N–H and O–H groups in total. The van der Waals surface area contributed by atoms with E-state index in [1.54, 1.807) is 18.7 Å². The lowest BCUT2D eigenvalue weighted by atomic mass is 10.1. The Balaban J connectivity index is 2.37. The van der Waals surface area contributed by atoms with Crippen LogP contribution in [0.4, 0.5) is 0 Å². The zero-order chi connectivity index (χ0) is 12.9. The number of thioether (sulfide) groups is 1. The van der Waals surface area contributed by atoms with Crippen LogP contribution in [0.2, 0.25) is 0 Å². The molecule has 1 unspecified atom stereocenters. The first-order chi connectivity index (χ1) is 7.88. The van der Waals surface area contributed by atoms with Crippen LogP contribution >= 0.6 is 11.8 Å². The monoisotopic (exact) mass is 274 g/mol. The Kier molecular flexibility index (Phi) is 5.49. The van der Waals surface area contributed by atoms with Crippen LogP contribution < -0.4 is 0 Å². The van der Waals surface area contributed by atoms with Gasteiger partial charge in [-0.15, -0.1) is 11.8 Å². The summed E-state index contributed by atoms with van der Waals surface area (Å²) in [6.45, 7) is 1.73. The average molecular weight is 274 g/mol. The van der Waals surface area contributed by atoms with Gasteiger partial charge in [0, 0.05) is 11.2 Å². The third-order valence-electron chi connectivity index (χ3n) is 2.29. The van der Waals surface area contributed by atoms with Crippen molar-refractivity contribution in [2.45, 2.75) is 24.3 Å². The fraction of sp³-hybridized carbons (Fsp3) is 0.500. The normalized spacial score (nSPS) is 13.6. The van der Waals surface area contributed by atoms with Gasteiger partial charge < -0.3 is 5.11 Å². The largest absolute Gasteiger partial charge is 0.389 e. The van der Waals surface area contributed by atoms with E-state index in [4.69, 9.17) is 0 Å². The third-order valence-corrected chi connectivity index (χ3v) is 4.42. The summed E-state index contributed by atoms with van der Waals surface area (Å²) in [5.41, 5.74) is 0.894. The maximum atomic E-state index is 10.9. The van der Waals surface area contributed by atoms with Crippen LogP contribution in [0, 0.1) is 0 Å². The van der Waals surface area contributed by atoms with Crippen molar-refractivity contribution in [3.05, 3.63) is 29.8 Å². The van der Waals surface area contributed by atoms with E-state index >= 15 is 0 Å². The van der Waals surface area contributed by atoms with Gasteiger partial charge in [-0.25, -0.2) is 8.42 Å². The Bertz CT molecular complexity index is 435. The zero-order valence-electron chi connectivity index (χ0n) is 10.1. The summed E-state index contributed by atoms with van der Waals surface area (Å²) in [5, 5.41) is 9.34. The van der Waals surface area contributed by atoms with Crippen LogP contribution in [0.5, 0.6) is 0 Å². The molecule has 1 aromatic carbocycles. The minimum absolute atomic E-state index is 0.242. The number of aliphatic hydroxyl groups excluding tert-OH is 1. The van der Waals surface area contributed by atoms with Gasteiger partial charge in [-0.3, -0.25) is 0 Å². The minimum atomic E-state index is -2.84. The van der Waals surface area contributed by atoms with E-state index in [0.29, 0.717) is 6.42 Å². The van der Waals surface area contributed by atoms with Crippen molar-refractivity contribution in [3.63, 3.8) is 0 Å². The quantitative estimate of drug-likeness (QED) is 0.638. The highest BCUT2D eigenvalue weighted by atomic mass is 32.2. The Morgan fingerprint density at radius 3 is 2.35 bits per heavy atom. The molecule has 1 aromatic rings. The van der Waals surface area contributed by atoms with E-state index in [-0.39, 0.29) is 5.75 Å². The molecule has 0 saturated heterocycles. The van der Waals surface area contributed by atoms with Crippen molar-refractivity contribution in [3.8, 4) is 0 Å². The van der Waals surface area contributed by atoms with Gasteiger partial charge in [0.05, 0.1) is 11.9 Å². The molecule has 0 amide bonds. The summed E-state index contributed by atoms with van der Waals surface area (Å²) in [7, 11) is -2.84. The highest BCUT2D eigenvalue weighted by Crippen LogP contribution is 2.21. The third kappa shape index (κ3) is 6.10. The van der Waals surface area contributed by atoms with Gasteiger partial charge in [0.2, 0.25) is 0 Å². The lowest BCUT2D eigenvalue weighted by Gasteiger charge is -2.06. The molecule has 5 heteroatoms. The first-order valence-corrected chi connectivity index (χ1v) is 8.51. The number of benzene rings is 1. The molecule has 0 bridgehead atoms. The van der Waals surface area contributed by atoms with Crippen molar-refractivity contribution in [2.24, 2.45) is 0 Å². The minimum Gasteiger partial charge on any atom is -0.389 e. The number of sulfone groups is 1. The number of hydrogen-bond acceptors (Lipinski definition) is 4. The summed E-state index contributed by atoms with van der Waals surface area (Å²) >= 11 is 1.64. The second kappa shape index (κ2) is 6.42. The second-order valence-corrected chi connectivity index (χ2v) is 7.50. The lowest BCUT2D eigenvalue weighted by Crippen LogP contribution is -2.03. The van der Waals surface area contributed by atoms with E-state index in [2.05, 4.69) is 0 Å². The number of rotatable bonds is 6. The maximum Gasteiger partial charge on any atom is 0.147 e. The molecule has 0 spiro atoms. The van der Waals surface area contributed by atoms with E-state index < -0.39 is 15.9 Å². The van der Waals surface area contributed by atoms with E-state index in [0.717, 1.165) is 16.2 Å². The molecule has 0 aliphatic heterocycles. The summed E-state index contributed by atoms with van der Waals surface area (Å²) in [5.74, 6) is 1.03. The Morgan fingerprint density at radius 1 is 1.29 bits per heavy atom. The molecule has 0 aromatic heterocycles. The molecule has 3 nitrogen and oxygen atoms in total. The van der Waals surface area contributed by atoms with Crippen LogP contribution in [-0.4, -0.2) is 31.3 Å². The van der Waals surface area contributed by atoms with Gasteiger partial charge >= 0.3 is 0 Å². The fourth-order valence-corrected chi connectivity index (χ4v) is 3.06. The topological polar surface area (TPSA) is 54.4 Å². The second-order valence-electron chi connectivity index (χ2n) is 4.08. The molecular formula is C12H18O3S2. The van der Waals surface area contributed by atoms with Crippen molar-refractivity contribution in [2.75, 3.05) is 17.8 Å². The first kappa shape index (κ1) is 14.5. The Hall–Kier alpha value is -0.520. The van der Waals surface area contributed by atoms with E-state index in [9.17, 15) is 13.5 Å². The van der Waals surface area contributed by atoms with Crippen molar-refractivity contribution >= 4 is 21.6 Å². The van der Waals surface area contributed by atoms with Gasteiger partial charge in [-0.05, 0) is 36.8 Å². The predicted octanol–water partition coefficient (Wildman–Crippen LogP) is 2.27. The maximum absolute atomic E-state index is 10.9. The fourth-order valence-electron chi connectivity index (χ4n) is 1.35. The Morgan fingerprint density at radius 2 is 1.88 bits per heavy atom. The molecule has 0 aliphatic rings. The number of hydrogen-bond donors (Lipinski definition) is 1. The molecule has 0 aliphatic carbocycles. The molecule has 0 radical (unpaired) electrons. The van der Waals surface area contributed by atoms with Gasteiger partial charge in [-0.2, -0.15) is 0 Å². The van der Waals surface area contributed by atoms with Gasteiger partial charge in [0.1, 0.15) is 9.84 Å². The molecule has 17 heavy (non-hydrogen) atoms. The van der Waals surface area contributed by atoms with Crippen LogP contribution in [0.25, 0.3) is 0 Å². The van der Waals surface area contributed by atoms with Gasteiger partial charge in [0.15, 0.2) is 0 Å². The average Bonchev–Trinajstić information content (AvgIpc) is 2.24. The molecule has 0 heterocycles. The van der Waals surface area contributed by atoms with Crippen LogP contribution in [0.1, 0.15) is 25.0 Å². The van der Waals surface area contributed by atoms with E-state index in [1.165, 1.54) is 6.26 Å². The predicted molar refractivity (Wildman–Crippen MR) is 72.1 cm³/mol.